The summed E-state index contributed by atoms with van der Waals surface area (Å²) < 4.78 is 11.0. The van der Waals surface area contributed by atoms with Gasteiger partial charge in [-0.2, -0.15) is 5.10 Å². The summed E-state index contributed by atoms with van der Waals surface area (Å²) in [5.74, 6) is 0.443. The summed E-state index contributed by atoms with van der Waals surface area (Å²) in [5.41, 5.74) is 0.214. The van der Waals surface area contributed by atoms with E-state index in [0.717, 1.165) is 12.1 Å². The molecule has 31 heavy (non-hydrogen) atoms. The summed E-state index contributed by atoms with van der Waals surface area (Å²) in [5, 5.41) is 11.2. The number of rotatable bonds is 3. The van der Waals surface area contributed by atoms with Crippen molar-refractivity contribution in [3.05, 3.63) is 50.1 Å². The van der Waals surface area contributed by atoms with E-state index in [4.69, 9.17) is 14.6 Å². The molecule has 4 rings (SSSR count). The highest BCUT2D eigenvalue weighted by atomic mass is 16.5. The Labute approximate surface area is 178 Å². The third-order valence-corrected chi connectivity index (χ3v) is 5.73. The van der Waals surface area contributed by atoms with Crippen LogP contribution < -0.4 is 11.1 Å². The first-order chi connectivity index (χ1) is 14.7. The Kier molecular flexibility index (Phi) is 6.44. The number of hydrogen-bond acceptors (Lipinski definition) is 6. The molecule has 11 nitrogen and oxygen atoms in total. The van der Waals surface area contributed by atoms with Crippen molar-refractivity contribution in [2.45, 2.75) is 52.0 Å². The molecule has 2 aliphatic rings. The zero-order valence-electron chi connectivity index (χ0n) is 17.9. The Bertz CT molecular complexity index is 1100. The van der Waals surface area contributed by atoms with Gasteiger partial charge in [0.1, 0.15) is 17.9 Å². The SMILES string of the molecule is CCCn1nc2n(c1=O)CC1(CCN(C(=O)c3cc(=O)cc(C)n3C)C1)OC2.O=CO. The molecular formula is C20H27N5O6. The zero-order chi connectivity index (χ0) is 22.8. The molecule has 168 valence electrons. The van der Waals surface area contributed by atoms with E-state index < -0.39 is 5.60 Å². The number of aromatic nitrogens is 4. The Morgan fingerprint density at radius 3 is 2.71 bits per heavy atom. The first-order valence-corrected chi connectivity index (χ1v) is 10.1. The van der Waals surface area contributed by atoms with E-state index in [2.05, 4.69) is 5.10 Å². The fourth-order valence-corrected chi connectivity index (χ4v) is 4.06. The Hall–Kier alpha value is -3.21. The third kappa shape index (κ3) is 4.31. The number of carbonyl (C=O) groups is 2. The van der Waals surface area contributed by atoms with E-state index in [-0.39, 0.29) is 30.1 Å². The number of ether oxygens (including phenoxy) is 1. The van der Waals surface area contributed by atoms with Gasteiger partial charge in [0.2, 0.25) is 0 Å². The number of carbonyl (C=O) groups excluding carboxylic acids is 1. The Morgan fingerprint density at radius 2 is 2.03 bits per heavy atom. The second-order valence-corrected chi connectivity index (χ2v) is 7.84. The lowest BCUT2D eigenvalue weighted by atomic mass is 10.0. The molecule has 0 aromatic carbocycles. The summed E-state index contributed by atoms with van der Waals surface area (Å²) in [6, 6.07) is 2.88. The molecule has 0 bridgehead atoms. The molecule has 1 amide bonds. The number of fused-ring (bicyclic) bond motifs is 1. The predicted molar refractivity (Wildman–Crippen MR) is 110 cm³/mol. The van der Waals surface area contributed by atoms with Gasteiger partial charge < -0.3 is 19.3 Å². The van der Waals surface area contributed by atoms with E-state index in [1.807, 2.05) is 6.92 Å². The van der Waals surface area contributed by atoms with Gasteiger partial charge in [-0.05, 0) is 19.8 Å². The van der Waals surface area contributed by atoms with E-state index >= 15 is 0 Å². The Balaban J connectivity index is 0.000000858. The van der Waals surface area contributed by atoms with E-state index in [1.165, 1.54) is 16.8 Å². The minimum atomic E-state index is -0.588. The van der Waals surface area contributed by atoms with Crippen LogP contribution in [0.5, 0.6) is 0 Å². The van der Waals surface area contributed by atoms with E-state index in [1.54, 1.807) is 28.0 Å². The smallest absolute Gasteiger partial charge is 0.346 e. The van der Waals surface area contributed by atoms with Crippen LogP contribution in [0.3, 0.4) is 0 Å². The highest BCUT2D eigenvalue weighted by Crippen LogP contribution is 2.32. The maximum atomic E-state index is 13.0. The van der Waals surface area contributed by atoms with Crippen LogP contribution in [0.1, 0.15) is 41.8 Å². The average Bonchev–Trinajstić information content (AvgIpc) is 3.27. The standard InChI is InChI=1S/C19H25N5O4.CH2O2/c1-4-6-24-18(27)23-12-19(28-10-16(23)20-24)5-7-22(11-19)17(26)15-9-14(25)8-13(2)21(15)3;2-1-3/h8-9H,4-7,10-12H2,1-3H3;1H,(H,2,3). The number of carboxylic acid groups (broad SMARTS) is 1. The summed E-state index contributed by atoms with van der Waals surface area (Å²) in [4.78, 5) is 47.5. The van der Waals surface area contributed by atoms with E-state index in [9.17, 15) is 14.4 Å². The summed E-state index contributed by atoms with van der Waals surface area (Å²) in [6.45, 7) is 5.70. The minimum Gasteiger partial charge on any atom is -0.483 e. The number of hydrogen-bond donors (Lipinski definition) is 1. The molecule has 1 unspecified atom stereocenters. The van der Waals surface area contributed by atoms with Gasteiger partial charge in [0.15, 0.2) is 11.3 Å². The van der Waals surface area contributed by atoms with Gasteiger partial charge in [0.05, 0.1) is 13.1 Å². The highest BCUT2D eigenvalue weighted by molar-refractivity contribution is 5.93. The molecule has 0 aliphatic carbocycles. The van der Waals surface area contributed by atoms with E-state index in [0.29, 0.717) is 44.1 Å². The maximum absolute atomic E-state index is 13.0. The molecule has 1 N–H and O–H groups in total. The summed E-state index contributed by atoms with van der Waals surface area (Å²) in [7, 11) is 1.78. The monoisotopic (exact) mass is 433 g/mol. The average molecular weight is 433 g/mol. The lowest BCUT2D eigenvalue weighted by Gasteiger charge is -2.33. The topological polar surface area (TPSA) is 129 Å². The van der Waals surface area contributed by atoms with Crippen molar-refractivity contribution in [1.29, 1.82) is 0 Å². The zero-order valence-corrected chi connectivity index (χ0v) is 17.9. The van der Waals surface area contributed by atoms with Crippen LogP contribution in [0.4, 0.5) is 0 Å². The van der Waals surface area contributed by atoms with Crippen molar-refractivity contribution in [3.8, 4) is 0 Å². The van der Waals surface area contributed by atoms with Gasteiger partial charge in [-0.15, -0.1) is 0 Å². The van der Waals surface area contributed by atoms with Crippen LogP contribution in [-0.4, -0.2) is 60.0 Å². The molecule has 1 atom stereocenters. The fraction of sp³-hybridized carbons (Fsp3) is 0.550. The molecule has 2 aromatic heterocycles. The first-order valence-electron chi connectivity index (χ1n) is 10.1. The Morgan fingerprint density at radius 1 is 1.32 bits per heavy atom. The molecule has 0 radical (unpaired) electrons. The second-order valence-electron chi connectivity index (χ2n) is 7.84. The van der Waals surface area contributed by atoms with Crippen LogP contribution in [0.2, 0.25) is 0 Å². The molecule has 1 fully saturated rings. The molecule has 1 spiro atoms. The molecule has 0 saturated carbocycles. The van der Waals surface area contributed by atoms with Crippen LogP contribution >= 0.6 is 0 Å². The maximum Gasteiger partial charge on any atom is 0.346 e. The molecule has 4 heterocycles. The van der Waals surface area contributed by atoms with Gasteiger partial charge in [0.25, 0.3) is 12.4 Å². The normalized spacial score (nSPS) is 19.6. The van der Waals surface area contributed by atoms with Crippen molar-refractivity contribution >= 4 is 12.4 Å². The van der Waals surface area contributed by atoms with Crippen molar-refractivity contribution in [2.24, 2.45) is 7.05 Å². The van der Waals surface area contributed by atoms with Gasteiger partial charge >= 0.3 is 5.69 Å². The first kappa shape index (κ1) is 22.5. The summed E-state index contributed by atoms with van der Waals surface area (Å²) >= 11 is 0. The number of likely N-dealkylation sites (tertiary alicyclic amines) is 1. The fourth-order valence-electron chi connectivity index (χ4n) is 4.06. The van der Waals surface area contributed by atoms with Crippen molar-refractivity contribution in [1.82, 2.24) is 23.8 Å². The number of aryl methyl sites for hydroxylation is 2. The third-order valence-electron chi connectivity index (χ3n) is 5.73. The van der Waals surface area contributed by atoms with Crippen molar-refractivity contribution in [3.63, 3.8) is 0 Å². The van der Waals surface area contributed by atoms with Crippen LogP contribution in [-0.2, 0) is 36.3 Å². The van der Waals surface area contributed by atoms with Gasteiger partial charge in [-0.25, -0.2) is 9.48 Å². The quantitative estimate of drug-likeness (QED) is 0.674. The van der Waals surface area contributed by atoms with Crippen LogP contribution in [0.15, 0.2) is 21.7 Å². The van der Waals surface area contributed by atoms with Crippen molar-refractivity contribution < 1.29 is 19.4 Å². The minimum absolute atomic E-state index is 0.120. The molecule has 2 aromatic rings. The van der Waals surface area contributed by atoms with Gasteiger partial charge in [0, 0.05) is 38.0 Å². The van der Waals surface area contributed by atoms with Crippen molar-refractivity contribution in [2.75, 3.05) is 13.1 Å². The van der Waals surface area contributed by atoms with Gasteiger partial charge in [-0.1, -0.05) is 6.92 Å². The highest BCUT2D eigenvalue weighted by Gasteiger charge is 2.45. The lowest BCUT2D eigenvalue weighted by molar-refractivity contribution is -0.122. The van der Waals surface area contributed by atoms with Gasteiger partial charge in [-0.3, -0.25) is 19.0 Å². The molecule has 2 aliphatic heterocycles. The van der Waals surface area contributed by atoms with Crippen LogP contribution in [0, 0.1) is 6.92 Å². The largest absolute Gasteiger partial charge is 0.483 e. The number of nitrogens with zero attached hydrogens (tertiary/aromatic N) is 5. The lowest BCUT2D eigenvalue weighted by Crippen LogP contribution is -2.47. The summed E-state index contributed by atoms with van der Waals surface area (Å²) in [6.07, 6.45) is 1.48. The number of pyridine rings is 1. The molecular weight excluding hydrogens is 406 g/mol. The predicted octanol–water partition coefficient (Wildman–Crippen LogP) is -0.0222. The van der Waals surface area contributed by atoms with Crippen LogP contribution in [0.25, 0.3) is 0 Å². The second kappa shape index (κ2) is 8.88. The molecule has 1 saturated heterocycles. The molecule has 11 heteroatoms. The number of amides is 1.